The number of hydrogen-bond acceptors (Lipinski definition) is 6. The van der Waals surface area contributed by atoms with Gasteiger partial charge in [-0.15, -0.1) is 11.3 Å². The van der Waals surface area contributed by atoms with Crippen molar-refractivity contribution in [3.63, 3.8) is 0 Å². The highest BCUT2D eigenvalue weighted by Gasteiger charge is 2.18. The third-order valence-electron chi connectivity index (χ3n) is 2.45. The number of thiazole rings is 1. The quantitative estimate of drug-likeness (QED) is 0.863. The van der Waals surface area contributed by atoms with Gasteiger partial charge in [0.1, 0.15) is 15.7 Å². The molecule has 102 valence electrons. The SMILES string of the molecule is CCc1cnc(CNS(=O)(=O)c2cccnc2N)s1. The van der Waals surface area contributed by atoms with Crippen molar-refractivity contribution in [1.29, 1.82) is 0 Å². The number of aryl methyl sites for hydroxylation is 1. The molecule has 0 saturated carbocycles. The molecule has 0 amide bonds. The second-order valence-electron chi connectivity index (χ2n) is 3.79. The Kier molecular flexibility index (Phi) is 4.13. The van der Waals surface area contributed by atoms with Crippen LogP contribution in [0.25, 0.3) is 0 Å². The fraction of sp³-hybridized carbons (Fsp3) is 0.273. The maximum Gasteiger partial charge on any atom is 0.244 e. The number of pyridine rings is 1. The van der Waals surface area contributed by atoms with Crippen LogP contribution in [-0.4, -0.2) is 18.4 Å². The summed E-state index contributed by atoms with van der Waals surface area (Å²) in [5.74, 6) is -0.0108. The molecular weight excluding hydrogens is 284 g/mol. The first-order valence-electron chi connectivity index (χ1n) is 5.66. The Hall–Kier alpha value is -1.51. The molecule has 0 radical (unpaired) electrons. The Morgan fingerprint density at radius 3 is 2.84 bits per heavy atom. The minimum atomic E-state index is -3.66. The largest absolute Gasteiger partial charge is 0.383 e. The lowest BCUT2D eigenvalue weighted by Crippen LogP contribution is -2.24. The maximum atomic E-state index is 12.0. The van der Waals surface area contributed by atoms with Crippen molar-refractivity contribution in [2.24, 2.45) is 0 Å². The van der Waals surface area contributed by atoms with Crippen LogP contribution in [0.15, 0.2) is 29.4 Å². The molecule has 6 nitrogen and oxygen atoms in total. The van der Waals surface area contributed by atoms with E-state index in [-0.39, 0.29) is 17.3 Å². The van der Waals surface area contributed by atoms with Gasteiger partial charge in [-0.3, -0.25) is 0 Å². The Morgan fingerprint density at radius 1 is 1.42 bits per heavy atom. The first-order valence-corrected chi connectivity index (χ1v) is 7.96. The van der Waals surface area contributed by atoms with Crippen LogP contribution >= 0.6 is 11.3 Å². The predicted octanol–water partition coefficient (Wildman–Crippen LogP) is 1.16. The van der Waals surface area contributed by atoms with Crippen LogP contribution in [0.4, 0.5) is 5.82 Å². The summed E-state index contributed by atoms with van der Waals surface area (Å²) in [4.78, 5) is 9.02. The summed E-state index contributed by atoms with van der Waals surface area (Å²) >= 11 is 1.49. The molecule has 0 fully saturated rings. The Morgan fingerprint density at radius 2 is 2.21 bits per heavy atom. The summed E-state index contributed by atoms with van der Waals surface area (Å²) in [6.45, 7) is 2.18. The average molecular weight is 298 g/mol. The minimum absolute atomic E-state index is 0.0108. The third-order valence-corrected chi connectivity index (χ3v) is 5.04. The van der Waals surface area contributed by atoms with E-state index in [1.807, 2.05) is 6.92 Å². The Bertz CT molecular complexity index is 667. The van der Waals surface area contributed by atoms with Crippen molar-refractivity contribution < 1.29 is 8.42 Å². The Labute approximate surface area is 115 Å². The van der Waals surface area contributed by atoms with E-state index in [1.54, 1.807) is 6.20 Å². The van der Waals surface area contributed by atoms with Gasteiger partial charge < -0.3 is 5.73 Å². The van der Waals surface area contributed by atoms with E-state index in [1.165, 1.54) is 29.7 Å². The van der Waals surface area contributed by atoms with Crippen LogP contribution in [0, 0.1) is 0 Å². The number of rotatable bonds is 5. The van der Waals surface area contributed by atoms with Crippen molar-refractivity contribution in [3.05, 3.63) is 34.4 Å². The summed E-state index contributed by atoms with van der Waals surface area (Å²) < 4.78 is 26.6. The molecule has 2 heterocycles. The lowest BCUT2D eigenvalue weighted by Gasteiger charge is -2.06. The first kappa shape index (κ1) is 13.9. The zero-order chi connectivity index (χ0) is 13.9. The van der Waals surface area contributed by atoms with Crippen LogP contribution in [-0.2, 0) is 23.0 Å². The smallest absolute Gasteiger partial charge is 0.244 e. The fourth-order valence-corrected chi connectivity index (χ4v) is 3.42. The van der Waals surface area contributed by atoms with Crippen molar-refractivity contribution >= 4 is 27.2 Å². The maximum absolute atomic E-state index is 12.0. The van der Waals surface area contributed by atoms with Gasteiger partial charge in [0.25, 0.3) is 0 Å². The van der Waals surface area contributed by atoms with Gasteiger partial charge >= 0.3 is 0 Å². The van der Waals surface area contributed by atoms with Crippen LogP contribution in [0.2, 0.25) is 0 Å². The number of nitrogens with two attached hydrogens (primary N) is 1. The van der Waals surface area contributed by atoms with Crippen molar-refractivity contribution in [3.8, 4) is 0 Å². The van der Waals surface area contributed by atoms with E-state index in [0.29, 0.717) is 0 Å². The van der Waals surface area contributed by atoms with E-state index in [9.17, 15) is 8.42 Å². The number of anilines is 1. The molecule has 0 spiro atoms. The molecule has 0 bridgehead atoms. The van der Waals surface area contributed by atoms with Crippen molar-refractivity contribution in [1.82, 2.24) is 14.7 Å². The predicted molar refractivity (Wildman–Crippen MR) is 74.2 cm³/mol. The highest BCUT2D eigenvalue weighted by molar-refractivity contribution is 7.89. The van der Waals surface area contributed by atoms with Gasteiger partial charge in [0, 0.05) is 17.3 Å². The van der Waals surface area contributed by atoms with Crippen molar-refractivity contribution in [2.75, 3.05) is 5.73 Å². The number of nitrogens with zero attached hydrogens (tertiary/aromatic N) is 2. The monoisotopic (exact) mass is 298 g/mol. The highest BCUT2D eigenvalue weighted by atomic mass is 32.2. The molecule has 2 aromatic rings. The number of nitrogens with one attached hydrogen (secondary N) is 1. The molecule has 0 aromatic carbocycles. The molecule has 0 aliphatic carbocycles. The molecule has 3 N–H and O–H groups in total. The molecule has 0 saturated heterocycles. The van der Waals surface area contributed by atoms with Crippen LogP contribution in [0.5, 0.6) is 0 Å². The average Bonchev–Trinajstić information content (AvgIpc) is 2.85. The van der Waals surface area contributed by atoms with E-state index in [2.05, 4.69) is 14.7 Å². The van der Waals surface area contributed by atoms with Gasteiger partial charge in [0.2, 0.25) is 10.0 Å². The molecular formula is C11H14N4O2S2. The fourth-order valence-electron chi connectivity index (χ4n) is 1.46. The molecule has 0 aliphatic heterocycles. The zero-order valence-corrected chi connectivity index (χ0v) is 12.0. The number of aromatic nitrogens is 2. The van der Waals surface area contributed by atoms with Gasteiger partial charge in [0.15, 0.2) is 0 Å². The molecule has 0 aliphatic rings. The molecule has 2 rings (SSSR count). The zero-order valence-electron chi connectivity index (χ0n) is 10.3. The summed E-state index contributed by atoms with van der Waals surface area (Å²) in [5.41, 5.74) is 5.56. The van der Waals surface area contributed by atoms with E-state index < -0.39 is 10.0 Å². The van der Waals surface area contributed by atoms with E-state index >= 15 is 0 Å². The third kappa shape index (κ3) is 3.28. The normalized spacial score (nSPS) is 11.6. The Balaban J connectivity index is 2.12. The minimum Gasteiger partial charge on any atom is -0.383 e. The summed E-state index contributed by atoms with van der Waals surface area (Å²) in [6.07, 6.45) is 4.09. The second-order valence-corrected chi connectivity index (χ2v) is 6.72. The molecule has 0 atom stereocenters. The lowest BCUT2D eigenvalue weighted by atomic mass is 10.4. The molecule has 19 heavy (non-hydrogen) atoms. The van der Waals surface area contributed by atoms with Gasteiger partial charge in [-0.25, -0.2) is 23.1 Å². The summed E-state index contributed by atoms with van der Waals surface area (Å²) in [7, 11) is -3.66. The first-order chi connectivity index (χ1) is 9.03. The van der Waals surface area contributed by atoms with Crippen LogP contribution < -0.4 is 10.5 Å². The summed E-state index contributed by atoms with van der Waals surface area (Å²) in [6, 6.07) is 2.95. The second kappa shape index (κ2) is 5.64. The molecule has 8 heteroatoms. The van der Waals surface area contributed by atoms with Gasteiger partial charge in [-0.05, 0) is 18.6 Å². The van der Waals surface area contributed by atoms with E-state index in [0.717, 1.165) is 16.3 Å². The molecule has 2 aromatic heterocycles. The standard InChI is InChI=1S/C11H14N4O2S2/c1-2-8-6-14-10(18-8)7-15-19(16,17)9-4-3-5-13-11(9)12/h3-6,15H,2,7H2,1H3,(H2,12,13). The highest BCUT2D eigenvalue weighted by Crippen LogP contribution is 2.17. The lowest BCUT2D eigenvalue weighted by molar-refractivity contribution is 0.581. The van der Waals surface area contributed by atoms with Gasteiger partial charge in [-0.1, -0.05) is 6.92 Å². The summed E-state index contributed by atoms with van der Waals surface area (Å²) in [5, 5.41) is 0.725. The van der Waals surface area contributed by atoms with Crippen LogP contribution in [0.3, 0.4) is 0 Å². The number of nitrogen functional groups attached to an aromatic ring is 1. The van der Waals surface area contributed by atoms with Crippen molar-refractivity contribution in [2.45, 2.75) is 24.8 Å². The topological polar surface area (TPSA) is 98.0 Å². The van der Waals surface area contributed by atoms with Gasteiger partial charge in [0.05, 0.1) is 6.54 Å². The van der Waals surface area contributed by atoms with Gasteiger partial charge in [-0.2, -0.15) is 0 Å². The number of hydrogen-bond donors (Lipinski definition) is 2. The van der Waals surface area contributed by atoms with Crippen LogP contribution in [0.1, 0.15) is 16.8 Å². The van der Waals surface area contributed by atoms with E-state index in [4.69, 9.17) is 5.73 Å². The number of sulfonamides is 1. The molecule has 0 unspecified atom stereocenters.